The number of carbonyl (C=O) groups excluding carboxylic acids is 1. The fraction of sp³-hybridized carbons (Fsp3) is 0.409. The molecule has 0 amide bonds. The molecule has 2 aromatic carbocycles. The lowest BCUT2D eigenvalue weighted by Crippen LogP contribution is -2.48. The zero-order valence-corrected chi connectivity index (χ0v) is 16.8. The minimum Gasteiger partial charge on any atom is -0.496 e. The lowest BCUT2D eigenvalue weighted by atomic mass is 9.85. The normalized spacial score (nSPS) is 19.1. The molecule has 0 N–H and O–H groups in total. The Labute approximate surface area is 165 Å². The van der Waals surface area contributed by atoms with Gasteiger partial charge >= 0.3 is 0 Å². The molecule has 0 aromatic heterocycles. The van der Waals surface area contributed by atoms with E-state index in [1.165, 1.54) is 0 Å². The highest BCUT2D eigenvalue weighted by atomic mass is 16.7. The topological polar surface area (TPSA) is 54.0 Å². The highest BCUT2D eigenvalue weighted by Gasteiger charge is 2.42. The molecule has 6 heteroatoms. The number of methoxy groups -OCH3 is 2. The van der Waals surface area contributed by atoms with Gasteiger partial charge in [-0.25, -0.2) is 0 Å². The van der Waals surface area contributed by atoms with Crippen molar-refractivity contribution in [2.75, 3.05) is 41.7 Å². The number of Topliss-reactive ketones (excluding diaryl/α,β-unsaturated/α-hetero) is 1. The molecule has 2 aromatic rings. The molecule has 1 unspecified atom stereocenters. The molecule has 0 bridgehead atoms. The van der Waals surface area contributed by atoms with Crippen LogP contribution in [0.3, 0.4) is 0 Å². The number of hydrogen-bond donors (Lipinski definition) is 0. The fourth-order valence-corrected chi connectivity index (χ4v) is 4.28. The molecular weight excluding hydrogens is 358 g/mol. The van der Waals surface area contributed by atoms with Gasteiger partial charge in [-0.05, 0) is 23.8 Å². The first-order valence-corrected chi connectivity index (χ1v) is 9.44. The summed E-state index contributed by atoms with van der Waals surface area (Å²) in [4.78, 5) is 13.2. The quantitative estimate of drug-likeness (QED) is 0.584. The summed E-state index contributed by atoms with van der Waals surface area (Å²) >= 11 is 0. The number of ether oxygens (including phenoxy) is 4. The minimum atomic E-state index is -0.0504. The maximum atomic E-state index is 13.2. The highest BCUT2D eigenvalue weighted by Crippen LogP contribution is 2.51. The van der Waals surface area contributed by atoms with Crippen molar-refractivity contribution in [2.45, 2.75) is 18.9 Å². The summed E-state index contributed by atoms with van der Waals surface area (Å²) in [5.41, 5.74) is 2.82. The average molecular weight is 384 g/mol. The van der Waals surface area contributed by atoms with Crippen molar-refractivity contribution in [3.63, 3.8) is 0 Å². The highest BCUT2D eigenvalue weighted by molar-refractivity contribution is 5.99. The minimum absolute atomic E-state index is 0.0504. The summed E-state index contributed by atoms with van der Waals surface area (Å²) in [6, 6.07) is 9.37. The number of nitrogens with zero attached hydrogens (tertiary/aromatic N) is 1. The summed E-state index contributed by atoms with van der Waals surface area (Å²) in [5, 5.41) is 0. The van der Waals surface area contributed by atoms with Crippen LogP contribution in [0.15, 0.2) is 30.3 Å². The number of hydrogen-bond acceptors (Lipinski definition) is 5. The smallest absolute Gasteiger partial charge is 0.231 e. The molecular formula is C22H26NO5+. The van der Waals surface area contributed by atoms with E-state index in [-0.39, 0.29) is 18.6 Å². The number of ketones is 1. The first kappa shape index (κ1) is 18.6. The second-order valence-electron chi connectivity index (χ2n) is 7.81. The molecule has 148 valence electrons. The Kier molecular flexibility index (Phi) is 4.67. The average Bonchev–Trinajstić information content (AvgIpc) is 3.16. The predicted octanol–water partition coefficient (Wildman–Crippen LogP) is 3.38. The molecule has 0 spiro atoms. The van der Waals surface area contributed by atoms with Gasteiger partial charge in [-0.15, -0.1) is 0 Å². The molecule has 0 saturated carbocycles. The maximum Gasteiger partial charge on any atom is 0.231 e. The van der Waals surface area contributed by atoms with E-state index < -0.39 is 0 Å². The third-order valence-corrected chi connectivity index (χ3v) is 5.87. The first-order valence-electron chi connectivity index (χ1n) is 9.44. The van der Waals surface area contributed by atoms with Crippen LogP contribution in [-0.2, 0) is 6.42 Å². The predicted molar refractivity (Wildman–Crippen MR) is 104 cm³/mol. The van der Waals surface area contributed by atoms with Crippen LogP contribution in [0, 0.1) is 0 Å². The third kappa shape index (κ3) is 2.98. The van der Waals surface area contributed by atoms with Crippen molar-refractivity contribution < 1.29 is 28.2 Å². The van der Waals surface area contributed by atoms with Crippen LogP contribution < -0.4 is 18.9 Å². The summed E-state index contributed by atoms with van der Waals surface area (Å²) in [7, 11) is 7.55. The fourth-order valence-electron chi connectivity index (χ4n) is 4.28. The number of carbonyl (C=O) groups is 1. The first-order chi connectivity index (χ1) is 13.5. The Hall–Kier alpha value is -2.73. The van der Waals surface area contributed by atoms with E-state index in [0.717, 1.165) is 29.8 Å². The Morgan fingerprint density at radius 3 is 2.71 bits per heavy atom. The van der Waals surface area contributed by atoms with Crippen LogP contribution in [0.2, 0.25) is 0 Å². The Balaban J connectivity index is 1.78. The van der Waals surface area contributed by atoms with Crippen LogP contribution in [0.1, 0.15) is 33.9 Å². The molecule has 4 rings (SSSR count). The van der Waals surface area contributed by atoms with Gasteiger partial charge in [0.1, 0.15) is 11.8 Å². The number of benzene rings is 2. The molecule has 0 aliphatic carbocycles. The van der Waals surface area contributed by atoms with E-state index in [9.17, 15) is 4.79 Å². The van der Waals surface area contributed by atoms with Gasteiger partial charge in [-0.3, -0.25) is 4.79 Å². The van der Waals surface area contributed by atoms with E-state index in [0.29, 0.717) is 33.7 Å². The second kappa shape index (κ2) is 7.02. The lowest BCUT2D eigenvalue weighted by molar-refractivity contribution is -0.922. The van der Waals surface area contributed by atoms with Crippen molar-refractivity contribution in [3.05, 3.63) is 47.0 Å². The molecule has 0 fully saturated rings. The zero-order valence-electron chi connectivity index (χ0n) is 16.8. The van der Waals surface area contributed by atoms with Gasteiger partial charge in [0.15, 0.2) is 17.3 Å². The standard InChI is InChI=1S/C22H26NO5/c1-23(2)10-9-14-11-19-21(28-13-27-19)22(26-4)20(14)16(23)12-17(24)15-7-5-6-8-18(15)25-3/h5-8,11,16H,9-10,12-13H2,1-4H3/q+1. The lowest BCUT2D eigenvalue weighted by Gasteiger charge is -2.43. The van der Waals surface area contributed by atoms with Crippen molar-refractivity contribution in [1.82, 2.24) is 0 Å². The number of para-hydroxylation sites is 1. The summed E-state index contributed by atoms with van der Waals surface area (Å²) in [6.45, 7) is 1.12. The molecule has 28 heavy (non-hydrogen) atoms. The van der Waals surface area contributed by atoms with Crippen molar-refractivity contribution in [3.8, 4) is 23.0 Å². The van der Waals surface area contributed by atoms with E-state index in [1.807, 2.05) is 30.3 Å². The summed E-state index contributed by atoms with van der Waals surface area (Å²) in [5.74, 6) is 2.71. The summed E-state index contributed by atoms with van der Waals surface area (Å²) in [6.07, 6.45) is 1.26. The molecule has 1 atom stereocenters. The van der Waals surface area contributed by atoms with E-state index in [4.69, 9.17) is 18.9 Å². The Morgan fingerprint density at radius 1 is 1.18 bits per heavy atom. The maximum absolute atomic E-state index is 13.2. The number of quaternary nitrogens is 1. The van der Waals surface area contributed by atoms with Crippen molar-refractivity contribution in [2.24, 2.45) is 0 Å². The van der Waals surface area contributed by atoms with Gasteiger partial charge in [0.2, 0.25) is 12.5 Å². The van der Waals surface area contributed by atoms with Crippen LogP contribution in [0.4, 0.5) is 0 Å². The molecule has 0 saturated heterocycles. The number of fused-ring (bicyclic) bond motifs is 2. The molecule has 2 heterocycles. The number of rotatable bonds is 5. The molecule has 2 aliphatic rings. The van der Waals surface area contributed by atoms with Crippen LogP contribution in [0.5, 0.6) is 23.0 Å². The summed E-state index contributed by atoms with van der Waals surface area (Å²) < 4.78 is 23.1. The van der Waals surface area contributed by atoms with Gasteiger partial charge in [0, 0.05) is 6.42 Å². The van der Waals surface area contributed by atoms with Crippen molar-refractivity contribution >= 4 is 5.78 Å². The Bertz CT molecular complexity index is 921. The van der Waals surface area contributed by atoms with Gasteiger partial charge in [0.25, 0.3) is 0 Å². The van der Waals surface area contributed by atoms with E-state index >= 15 is 0 Å². The third-order valence-electron chi connectivity index (χ3n) is 5.87. The van der Waals surface area contributed by atoms with E-state index in [2.05, 4.69) is 14.1 Å². The molecule has 0 radical (unpaired) electrons. The van der Waals surface area contributed by atoms with E-state index in [1.54, 1.807) is 14.2 Å². The number of likely N-dealkylation sites (N-methyl/N-ethyl adjacent to an activating group) is 1. The van der Waals surface area contributed by atoms with Crippen LogP contribution in [-0.4, -0.2) is 51.9 Å². The zero-order chi connectivity index (χ0) is 19.9. The van der Waals surface area contributed by atoms with Gasteiger partial charge in [0.05, 0.1) is 52.4 Å². The SMILES string of the molecule is COc1ccccc1C(=O)CC1c2c(cc3c(c2OC)OCO3)CC[N+]1(C)C. The van der Waals surface area contributed by atoms with Crippen LogP contribution >= 0.6 is 0 Å². The second-order valence-corrected chi connectivity index (χ2v) is 7.81. The molecule has 2 aliphatic heterocycles. The van der Waals surface area contributed by atoms with Gasteiger partial charge < -0.3 is 23.4 Å². The van der Waals surface area contributed by atoms with Gasteiger partial charge in [-0.2, -0.15) is 0 Å². The largest absolute Gasteiger partial charge is 0.496 e. The molecule has 6 nitrogen and oxygen atoms in total. The monoisotopic (exact) mass is 384 g/mol. The van der Waals surface area contributed by atoms with Crippen LogP contribution in [0.25, 0.3) is 0 Å². The van der Waals surface area contributed by atoms with Crippen molar-refractivity contribution in [1.29, 1.82) is 0 Å². The Morgan fingerprint density at radius 2 is 1.96 bits per heavy atom. The van der Waals surface area contributed by atoms with Gasteiger partial charge in [-0.1, -0.05) is 12.1 Å².